The third kappa shape index (κ3) is 5.20. The van der Waals surface area contributed by atoms with Gasteiger partial charge in [0.05, 0.1) is 12.5 Å². The Morgan fingerprint density at radius 2 is 1.67 bits per heavy atom. The van der Waals surface area contributed by atoms with Crippen molar-refractivity contribution in [3.63, 3.8) is 0 Å². The molecule has 2 N–H and O–H groups in total. The van der Waals surface area contributed by atoms with Crippen LogP contribution < -0.4 is 16.1 Å². The molecule has 230 valence electrons. The predicted molar refractivity (Wildman–Crippen MR) is 169 cm³/mol. The van der Waals surface area contributed by atoms with Crippen molar-refractivity contribution < 1.29 is 19.1 Å². The number of hydrogen-bond acceptors (Lipinski definition) is 6. The van der Waals surface area contributed by atoms with Crippen molar-refractivity contribution in [1.82, 2.24) is 20.2 Å². The Labute approximate surface area is 261 Å². The Balaban J connectivity index is 1.16. The molecule has 2 amide bonds. The van der Waals surface area contributed by atoms with E-state index in [1.807, 2.05) is 42.5 Å². The van der Waals surface area contributed by atoms with Crippen molar-refractivity contribution >= 4 is 28.8 Å². The Hall–Kier alpha value is -4.79. The molecule has 4 bridgehead atoms. The normalized spacial score (nSPS) is 24.8. The maximum Gasteiger partial charge on any atom is 0.355 e. The van der Waals surface area contributed by atoms with E-state index in [-0.39, 0.29) is 40.9 Å². The fourth-order valence-electron chi connectivity index (χ4n) is 8.57. The number of aromatic nitrogens is 2. The molecule has 0 radical (unpaired) electrons. The highest BCUT2D eigenvalue weighted by atomic mass is 16.5. The first kappa shape index (κ1) is 29.0. The average molecular weight is 605 g/mol. The maximum atomic E-state index is 13.8. The van der Waals surface area contributed by atoms with Crippen molar-refractivity contribution in [2.75, 3.05) is 7.11 Å². The van der Waals surface area contributed by atoms with Gasteiger partial charge < -0.3 is 15.4 Å². The molecule has 4 unspecified atom stereocenters. The number of esters is 1. The standard InChI is InChI=1S/C36H36N4O5/c1-21(41)39-36-18-23-15-25(19-36)30(26(16-23)20-36)38-34(43)24-12-10-22(11-13-24)17-29-31(35(44)45-2)40(27-7-4-3-5-8-27)33-28(32(29)42)9-6-14-37-33/h3-14,23,25-26,30H,15-20H2,1-2H3,(H,38,43)(H,39,41)/t23?,25-,26?,30?,36?/m1/s1. The van der Waals surface area contributed by atoms with Crippen molar-refractivity contribution in [1.29, 1.82) is 0 Å². The molecule has 9 heteroatoms. The van der Waals surface area contributed by atoms with Crippen molar-refractivity contribution in [2.45, 2.75) is 57.0 Å². The van der Waals surface area contributed by atoms with Gasteiger partial charge in [0.1, 0.15) is 11.3 Å². The first-order valence-corrected chi connectivity index (χ1v) is 15.6. The second-order valence-electron chi connectivity index (χ2n) is 13.0. The molecule has 2 aromatic heterocycles. The van der Waals surface area contributed by atoms with Crippen LogP contribution in [0.15, 0.2) is 77.7 Å². The van der Waals surface area contributed by atoms with Gasteiger partial charge in [0.15, 0.2) is 5.43 Å². The molecule has 2 aromatic carbocycles. The monoisotopic (exact) mass is 604 g/mol. The molecule has 4 aromatic rings. The molecular weight excluding hydrogens is 568 g/mol. The Bertz CT molecular complexity index is 1850. The number of ether oxygens (including phenoxy) is 1. The lowest BCUT2D eigenvalue weighted by Crippen LogP contribution is -2.66. The Kier molecular flexibility index (Phi) is 7.26. The van der Waals surface area contributed by atoms with E-state index in [4.69, 9.17) is 4.74 Å². The lowest BCUT2D eigenvalue weighted by Gasteiger charge is -2.60. The highest BCUT2D eigenvalue weighted by Crippen LogP contribution is 2.55. The number of nitrogens with zero attached hydrogens (tertiary/aromatic N) is 2. The lowest BCUT2D eigenvalue weighted by molar-refractivity contribution is -0.125. The Morgan fingerprint density at radius 3 is 2.33 bits per heavy atom. The molecule has 2 heterocycles. The minimum Gasteiger partial charge on any atom is -0.464 e. The van der Waals surface area contributed by atoms with Crippen LogP contribution in [0.4, 0.5) is 0 Å². The van der Waals surface area contributed by atoms with Crippen LogP contribution in [0.5, 0.6) is 0 Å². The number of fused-ring (bicyclic) bond motifs is 1. The number of methoxy groups -OCH3 is 1. The Morgan fingerprint density at radius 1 is 0.956 bits per heavy atom. The molecule has 45 heavy (non-hydrogen) atoms. The minimum atomic E-state index is -0.634. The summed E-state index contributed by atoms with van der Waals surface area (Å²) in [5.74, 6) is 0.593. The van der Waals surface area contributed by atoms with Crippen LogP contribution in [0.1, 0.15) is 71.0 Å². The number of carbonyl (C=O) groups excluding carboxylic acids is 3. The number of amides is 2. The number of rotatable bonds is 7. The van der Waals surface area contributed by atoms with Crippen LogP contribution in [0, 0.1) is 17.8 Å². The van der Waals surface area contributed by atoms with Crippen LogP contribution in [-0.2, 0) is 16.0 Å². The van der Waals surface area contributed by atoms with Crippen LogP contribution in [0.3, 0.4) is 0 Å². The lowest BCUT2D eigenvalue weighted by atomic mass is 9.51. The van der Waals surface area contributed by atoms with E-state index in [1.54, 1.807) is 42.0 Å². The van der Waals surface area contributed by atoms with Crippen LogP contribution in [0.2, 0.25) is 0 Å². The third-order valence-corrected chi connectivity index (χ3v) is 10.0. The first-order chi connectivity index (χ1) is 21.7. The van der Waals surface area contributed by atoms with Crippen LogP contribution in [0.25, 0.3) is 16.7 Å². The summed E-state index contributed by atoms with van der Waals surface area (Å²) in [6.07, 6.45) is 6.81. The van der Waals surface area contributed by atoms with E-state index >= 15 is 0 Å². The zero-order chi connectivity index (χ0) is 31.3. The molecule has 5 atom stereocenters. The van der Waals surface area contributed by atoms with E-state index < -0.39 is 5.97 Å². The zero-order valence-electron chi connectivity index (χ0n) is 25.4. The summed E-state index contributed by atoms with van der Waals surface area (Å²) in [6.45, 7) is 1.59. The van der Waals surface area contributed by atoms with Gasteiger partial charge in [0.25, 0.3) is 5.91 Å². The second-order valence-corrected chi connectivity index (χ2v) is 13.0. The number of pyridine rings is 2. The van der Waals surface area contributed by atoms with Crippen LogP contribution >= 0.6 is 0 Å². The summed E-state index contributed by atoms with van der Waals surface area (Å²) in [6, 6.07) is 20.0. The van der Waals surface area contributed by atoms with Crippen molar-refractivity contribution in [3.8, 4) is 5.69 Å². The number of nitrogens with one attached hydrogen (secondary N) is 2. The largest absolute Gasteiger partial charge is 0.464 e. The zero-order valence-corrected chi connectivity index (χ0v) is 25.4. The quantitative estimate of drug-likeness (QED) is 0.298. The summed E-state index contributed by atoms with van der Waals surface area (Å²) in [5.41, 5.74) is 2.40. The van der Waals surface area contributed by atoms with E-state index in [1.165, 1.54) is 7.11 Å². The van der Waals surface area contributed by atoms with Gasteiger partial charge in [-0.25, -0.2) is 9.78 Å². The van der Waals surface area contributed by atoms with E-state index in [2.05, 4.69) is 15.6 Å². The molecule has 4 aliphatic rings. The van der Waals surface area contributed by atoms with Gasteiger partial charge in [0.2, 0.25) is 5.91 Å². The topological polar surface area (TPSA) is 119 Å². The SMILES string of the molecule is COC(=O)c1c(Cc2ccc(C(=O)NC3C4CC5C[C@@H]3CC(NC(C)=O)(C5)C4)cc2)c(=O)c2cccnc2n1-c1ccccc1. The summed E-state index contributed by atoms with van der Waals surface area (Å²) in [4.78, 5) is 56.9. The summed E-state index contributed by atoms with van der Waals surface area (Å²) >= 11 is 0. The molecule has 0 spiro atoms. The van der Waals surface area contributed by atoms with Gasteiger partial charge in [-0.3, -0.25) is 19.0 Å². The van der Waals surface area contributed by atoms with Crippen molar-refractivity contribution in [2.24, 2.45) is 17.8 Å². The second kappa shape index (κ2) is 11.3. The molecule has 4 fully saturated rings. The summed E-state index contributed by atoms with van der Waals surface area (Å²) in [5, 5.41) is 6.98. The number of para-hydroxylation sites is 1. The number of benzene rings is 2. The van der Waals surface area contributed by atoms with E-state index in [9.17, 15) is 19.2 Å². The molecule has 9 nitrogen and oxygen atoms in total. The van der Waals surface area contributed by atoms with E-state index in [0.717, 1.165) is 37.7 Å². The average Bonchev–Trinajstić information content (AvgIpc) is 3.03. The van der Waals surface area contributed by atoms with Crippen LogP contribution in [-0.4, -0.2) is 46.0 Å². The maximum absolute atomic E-state index is 13.8. The molecule has 0 saturated heterocycles. The number of carbonyl (C=O) groups is 3. The minimum absolute atomic E-state index is 0.0238. The first-order valence-electron chi connectivity index (χ1n) is 15.6. The summed E-state index contributed by atoms with van der Waals surface area (Å²) < 4.78 is 6.85. The van der Waals surface area contributed by atoms with Gasteiger partial charge >= 0.3 is 5.97 Å². The molecule has 4 aliphatic carbocycles. The molecule has 4 saturated carbocycles. The molecule has 8 rings (SSSR count). The van der Waals surface area contributed by atoms with Crippen molar-refractivity contribution in [3.05, 3.63) is 106 Å². The fourth-order valence-corrected chi connectivity index (χ4v) is 8.57. The highest BCUT2D eigenvalue weighted by molar-refractivity contribution is 5.95. The van der Waals surface area contributed by atoms with Gasteiger partial charge in [-0.15, -0.1) is 0 Å². The van der Waals surface area contributed by atoms with Gasteiger partial charge in [-0.2, -0.15) is 0 Å². The third-order valence-electron chi connectivity index (χ3n) is 10.0. The smallest absolute Gasteiger partial charge is 0.355 e. The van der Waals surface area contributed by atoms with Gasteiger partial charge in [-0.05, 0) is 91.8 Å². The number of hydrogen-bond donors (Lipinski definition) is 2. The summed E-state index contributed by atoms with van der Waals surface area (Å²) in [7, 11) is 1.30. The fraction of sp³-hybridized carbons (Fsp3) is 0.361. The van der Waals surface area contributed by atoms with Gasteiger partial charge in [-0.1, -0.05) is 30.3 Å². The predicted octanol–water partition coefficient (Wildman–Crippen LogP) is 4.58. The molecule has 0 aliphatic heterocycles. The highest BCUT2D eigenvalue weighted by Gasteiger charge is 2.56. The van der Waals surface area contributed by atoms with E-state index in [0.29, 0.717) is 45.6 Å². The van der Waals surface area contributed by atoms with Gasteiger partial charge in [0, 0.05) is 47.9 Å². The molecular formula is C36H36N4O5.